The number of carbonyl (C=O) groups is 2. The summed E-state index contributed by atoms with van der Waals surface area (Å²) < 4.78 is 6.37. The van der Waals surface area contributed by atoms with Gasteiger partial charge in [-0.05, 0) is 78.2 Å². The highest BCUT2D eigenvalue weighted by molar-refractivity contribution is 9.10. The van der Waals surface area contributed by atoms with E-state index in [0.717, 1.165) is 25.9 Å². The van der Waals surface area contributed by atoms with Crippen molar-refractivity contribution in [2.24, 2.45) is 0 Å². The quantitative estimate of drug-likeness (QED) is 0.714. The van der Waals surface area contributed by atoms with Gasteiger partial charge in [0.25, 0.3) is 11.8 Å². The Morgan fingerprint density at radius 3 is 2.44 bits per heavy atom. The highest BCUT2D eigenvalue weighted by Gasteiger charge is 2.20. The van der Waals surface area contributed by atoms with Gasteiger partial charge in [-0.3, -0.25) is 9.59 Å². The molecule has 1 heterocycles. The molecule has 2 amide bonds. The van der Waals surface area contributed by atoms with E-state index >= 15 is 0 Å². The third kappa shape index (κ3) is 5.02. The summed E-state index contributed by atoms with van der Waals surface area (Å²) in [5, 5.41) is 3.38. The van der Waals surface area contributed by atoms with Crippen molar-refractivity contribution >= 4 is 45.0 Å². The fourth-order valence-corrected chi connectivity index (χ4v) is 3.63. The van der Waals surface area contributed by atoms with Crippen LogP contribution in [0.4, 0.5) is 5.69 Å². The van der Waals surface area contributed by atoms with Crippen LogP contribution in [-0.2, 0) is 4.79 Å². The number of amides is 2. The molecular formula is C20H20BrClN2O3. The van der Waals surface area contributed by atoms with Crippen LogP contribution in [0.1, 0.15) is 30.1 Å². The monoisotopic (exact) mass is 450 g/mol. The lowest BCUT2D eigenvalue weighted by atomic mass is 10.2. The molecule has 1 N–H and O–H groups in total. The Morgan fingerprint density at radius 2 is 1.81 bits per heavy atom. The van der Waals surface area contributed by atoms with E-state index in [-0.39, 0.29) is 11.8 Å². The molecule has 5 nitrogen and oxygen atoms in total. The summed E-state index contributed by atoms with van der Waals surface area (Å²) in [6.45, 7) is 3.29. The molecule has 0 saturated carbocycles. The highest BCUT2D eigenvalue weighted by Crippen LogP contribution is 2.29. The maximum Gasteiger partial charge on any atom is 0.265 e. The van der Waals surface area contributed by atoms with E-state index in [1.807, 2.05) is 4.90 Å². The van der Waals surface area contributed by atoms with Crippen LogP contribution in [-0.4, -0.2) is 35.9 Å². The molecule has 0 aliphatic carbocycles. The van der Waals surface area contributed by atoms with E-state index < -0.39 is 6.10 Å². The van der Waals surface area contributed by atoms with E-state index in [0.29, 0.717) is 26.5 Å². The Hall–Kier alpha value is -2.05. The molecule has 1 saturated heterocycles. The maximum absolute atomic E-state index is 12.4. The third-order valence-corrected chi connectivity index (χ3v) is 5.21. The molecule has 2 aromatic carbocycles. The van der Waals surface area contributed by atoms with E-state index in [1.54, 1.807) is 49.4 Å². The van der Waals surface area contributed by atoms with Crippen molar-refractivity contribution in [2.45, 2.75) is 25.9 Å². The summed E-state index contributed by atoms with van der Waals surface area (Å²) >= 11 is 9.27. The molecular weight excluding hydrogens is 432 g/mol. The minimum absolute atomic E-state index is 0.0367. The van der Waals surface area contributed by atoms with Crippen LogP contribution in [0.3, 0.4) is 0 Å². The third-order valence-electron chi connectivity index (χ3n) is 4.36. The number of nitrogens with one attached hydrogen (secondary N) is 1. The summed E-state index contributed by atoms with van der Waals surface area (Å²) in [5.41, 5.74) is 1.24. The van der Waals surface area contributed by atoms with Gasteiger partial charge in [0, 0.05) is 29.4 Å². The molecule has 3 rings (SSSR count). The topological polar surface area (TPSA) is 58.6 Å². The van der Waals surface area contributed by atoms with Gasteiger partial charge in [-0.2, -0.15) is 0 Å². The summed E-state index contributed by atoms with van der Waals surface area (Å²) in [6, 6.07) is 12.0. The smallest absolute Gasteiger partial charge is 0.265 e. The number of nitrogens with zero attached hydrogens (tertiary/aromatic N) is 1. The molecule has 0 bridgehead atoms. The lowest BCUT2D eigenvalue weighted by Crippen LogP contribution is -2.30. The van der Waals surface area contributed by atoms with Gasteiger partial charge in [-0.1, -0.05) is 11.6 Å². The van der Waals surface area contributed by atoms with Crippen molar-refractivity contribution in [2.75, 3.05) is 18.4 Å². The number of rotatable bonds is 5. The van der Waals surface area contributed by atoms with Crippen LogP contribution in [0.15, 0.2) is 46.9 Å². The Bertz CT molecular complexity index is 836. The standard InChI is InChI=1S/C20H20BrClN2O3/c1-13(27-18-9-6-15(22)12-17(18)21)19(25)23-16-7-4-14(5-8-16)20(26)24-10-2-3-11-24/h4-9,12-13H,2-3,10-11H2,1H3,(H,23,25)/t13-/m1/s1. The van der Waals surface area contributed by atoms with Crippen LogP contribution in [0.5, 0.6) is 5.75 Å². The summed E-state index contributed by atoms with van der Waals surface area (Å²) in [5.74, 6) is 0.291. The lowest BCUT2D eigenvalue weighted by molar-refractivity contribution is -0.122. The largest absolute Gasteiger partial charge is 0.480 e. The zero-order chi connectivity index (χ0) is 19.4. The minimum Gasteiger partial charge on any atom is -0.480 e. The lowest BCUT2D eigenvalue weighted by Gasteiger charge is -2.17. The number of likely N-dealkylation sites (tertiary alicyclic amines) is 1. The molecule has 1 aliphatic heterocycles. The molecule has 0 aromatic heterocycles. The van der Waals surface area contributed by atoms with Crippen LogP contribution in [0, 0.1) is 0 Å². The van der Waals surface area contributed by atoms with Crippen molar-refractivity contribution < 1.29 is 14.3 Å². The average Bonchev–Trinajstić information content (AvgIpc) is 3.18. The summed E-state index contributed by atoms with van der Waals surface area (Å²) in [6.07, 6.45) is 1.41. The average molecular weight is 452 g/mol. The zero-order valence-corrected chi connectivity index (χ0v) is 17.2. The van der Waals surface area contributed by atoms with Gasteiger partial charge < -0.3 is 15.0 Å². The Kier molecular flexibility index (Phi) is 6.39. The summed E-state index contributed by atoms with van der Waals surface area (Å²) in [7, 11) is 0. The van der Waals surface area contributed by atoms with Crippen LogP contribution in [0.2, 0.25) is 5.02 Å². The number of anilines is 1. The van der Waals surface area contributed by atoms with Gasteiger partial charge >= 0.3 is 0 Å². The first-order valence-corrected chi connectivity index (χ1v) is 9.93. The second-order valence-electron chi connectivity index (χ2n) is 6.40. The molecule has 2 aromatic rings. The van der Waals surface area contributed by atoms with Gasteiger partial charge in [0.05, 0.1) is 4.47 Å². The van der Waals surface area contributed by atoms with Crippen LogP contribution >= 0.6 is 27.5 Å². The van der Waals surface area contributed by atoms with E-state index in [4.69, 9.17) is 16.3 Å². The van der Waals surface area contributed by atoms with Crippen molar-refractivity contribution in [3.05, 3.63) is 57.5 Å². The van der Waals surface area contributed by atoms with Crippen LogP contribution < -0.4 is 10.1 Å². The molecule has 1 atom stereocenters. The number of carbonyl (C=O) groups excluding carboxylic acids is 2. The number of hydrogen-bond donors (Lipinski definition) is 1. The molecule has 7 heteroatoms. The molecule has 1 aliphatic rings. The van der Waals surface area contributed by atoms with Gasteiger partial charge in [0.2, 0.25) is 0 Å². The number of ether oxygens (including phenoxy) is 1. The molecule has 0 spiro atoms. The number of benzene rings is 2. The highest BCUT2D eigenvalue weighted by atomic mass is 79.9. The fourth-order valence-electron chi connectivity index (χ4n) is 2.86. The van der Waals surface area contributed by atoms with Crippen molar-refractivity contribution in [1.29, 1.82) is 0 Å². The Morgan fingerprint density at radius 1 is 1.15 bits per heavy atom. The second-order valence-corrected chi connectivity index (χ2v) is 7.69. The summed E-state index contributed by atoms with van der Waals surface area (Å²) in [4.78, 5) is 26.6. The normalized spacial score (nSPS) is 14.7. The molecule has 0 unspecified atom stereocenters. The van der Waals surface area contributed by atoms with Gasteiger partial charge in [0.1, 0.15) is 5.75 Å². The molecule has 1 fully saturated rings. The van der Waals surface area contributed by atoms with Crippen LogP contribution in [0.25, 0.3) is 0 Å². The number of halogens is 2. The van der Waals surface area contributed by atoms with Crippen molar-refractivity contribution in [3.63, 3.8) is 0 Å². The van der Waals surface area contributed by atoms with E-state index in [9.17, 15) is 9.59 Å². The molecule has 142 valence electrons. The fraction of sp³-hybridized carbons (Fsp3) is 0.300. The van der Waals surface area contributed by atoms with E-state index in [1.165, 1.54) is 0 Å². The van der Waals surface area contributed by atoms with Crippen molar-refractivity contribution in [1.82, 2.24) is 4.90 Å². The predicted molar refractivity (Wildman–Crippen MR) is 109 cm³/mol. The first-order chi connectivity index (χ1) is 12.9. The van der Waals surface area contributed by atoms with E-state index in [2.05, 4.69) is 21.2 Å². The number of hydrogen-bond acceptors (Lipinski definition) is 3. The zero-order valence-electron chi connectivity index (χ0n) is 14.9. The molecule has 27 heavy (non-hydrogen) atoms. The first kappa shape index (κ1) is 19.7. The van der Waals surface area contributed by atoms with Gasteiger partial charge in [0.15, 0.2) is 6.10 Å². The Balaban J connectivity index is 1.59. The van der Waals surface area contributed by atoms with Gasteiger partial charge in [-0.15, -0.1) is 0 Å². The van der Waals surface area contributed by atoms with Crippen molar-refractivity contribution in [3.8, 4) is 5.75 Å². The molecule has 0 radical (unpaired) electrons. The second kappa shape index (κ2) is 8.76. The Labute approximate surface area is 171 Å². The first-order valence-electron chi connectivity index (χ1n) is 8.76. The minimum atomic E-state index is -0.701. The van der Waals surface area contributed by atoms with Gasteiger partial charge in [-0.25, -0.2) is 0 Å². The maximum atomic E-state index is 12.4. The predicted octanol–water partition coefficient (Wildman–Crippen LogP) is 4.74. The SMILES string of the molecule is C[C@@H](Oc1ccc(Cl)cc1Br)C(=O)Nc1ccc(C(=O)N2CCCC2)cc1.